The first-order chi connectivity index (χ1) is 11.2. The highest BCUT2D eigenvalue weighted by molar-refractivity contribution is 7.15. The Bertz CT molecular complexity index is 1100. The first-order valence-electron chi connectivity index (χ1n) is 6.93. The lowest BCUT2D eigenvalue weighted by molar-refractivity contribution is 0.937. The second-order valence-electron chi connectivity index (χ2n) is 4.94. The minimum Gasteiger partial charge on any atom is -0.266 e. The second-order valence-corrected chi connectivity index (χ2v) is 6.35. The molecular formula is C17H10ClN3OS. The molecule has 0 aliphatic rings. The molecule has 112 valence electrons. The maximum atomic E-state index is 12.5. The number of thiazole rings is 1. The molecule has 6 heteroatoms. The molecule has 0 radical (unpaired) electrons. The lowest BCUT2D eigenvalue weighted by Crippen LogP contribution is -2.23. The van der Waals surface area contributed by atoms with Crippen molar-refractivity contribution < 1.29 is 0 Å². The highest BCUT2D eigenvalue weighted by Crippen LogP contribution is 2.25. The van der Waals surface area contributed by atoms with E-state index in [-0.39, 0.29) is 5.56 Å². The molecule has 2 heterocycles. The molecule has 4 rings (SSSR count). The summed E-state index contributed by atoms with van der Waals surface area (Å²) in [7, 11) is 0. The van der Waals surface area contributed by atoms with E-state index in [2.05, 4.69) is 10.1 Å². The molecule has 2 aromatic carbocycles. The van der Waals surface area contributed by atoms with Crippen LogP contribution in [-0.2, 0) is 0 Å². The molecule has 0 amide bonds. The zero-order valence-electron chi connectivity index (χ0n) is 11.8. The third-order valence-electron chi connectivity index (χ3n) is 3.39. The van der Waals surface area contributed by atoms with Gasteiger partial charge in [0.15, 0.2) is 5.82 Å². The van der Waals surface area contributed by atoms with E-state index in [1.54, 1.807) is 6.07 Å². The molecule has 0 unspecified atom stereocenters. The maximum Gasteiger partial charge on any atom is 0.291 e. The van der Waals surface area contributed by atoms with Gasteiger partial charge in [-0.25, -0.2) is 0 Å². The minimum absolute atomic E-state index is 0.167. The topological polar surface area (TPSA) is 47.3 Å². The summed E-state index contributed by atoms with van der Waals surface area (Å²) in [6.07, 6.45) is 1.85. The van der Waals surface area contributed by atoms with Gasteiger partial charge in [-0.3, -0.25) is 4.79 Å². The van der Waals surface area contributed by atoms with E-state index in [1.807, 2.05) is 54.6 Å². The normalized spacial score (nSPS) is 12.1. The minimum atomic E-state index is -0.167. The van der Waals surface area contributed by atoms with Crippen molar-refractivity contribution >= 4 is 34.0 Å². The SMILES string of the molecule is O=c1c(=Cc2ccccc2)sc2nc(-c3ccccc3Cl)nn12. The van der Waals surface area contributed by atoms with E-state index in [9.17, 15) is 4.79 Å². The second kappa shape index (κ2) is 5.61. The van der Waals surface area contributed by atoms with Crippen LogP contribution in [-0.4, -0.2) is 14.6 Å². The first kappa shape index (κ1) is 14.1. The Morgan fingerprint density at radius 2 is 1.78 bits per heavy atom. The van der Waals surface area contributed by atoms with Crippen LogP contribution < -0.4 is 10.1 Å². The van der Waals surface area contributed by atoms with Crippen molar-refractivity contribution in [2.45, 2.75) is 0 Å². The summed E-state index contributed by atoms with van der Waals surface area (Å²) < 4.78 is 1.94. The van der Waals surface area contributed by atoms with E-state index in [0.717, 1.165) is 11.1 Å². The van der Waals surface area contributed by atoms with Crippen LogP contribution in [0.2, 0.25) is 5.02 Å². The van der Waals surface area contributed by atoms with E-state index in [4.69, 9.17) is 11.6 Å². The van der Waals surface area contributed by atoms with Gasteiger partial charge in [-0.15, -0.1) is 5.10 Å². The molecule has 23 heavy (non-hydrogen) atoms. The average Bonchev–Trinajstić information content (AvgIpc) is 3.09. The number of hydrogen-bond donors (Lipinski definition) is 0. The standard InChI is InChI=1S/C17H10ClN3OS/c18-13-9-5-4-8-12(13)15-19-17-21(20-15)16(22)14(23-17)10-11-6-2-1-3-7-11/h1-10H. The number of aromatic nitrogens is 3. The van der Waals surface area contributed by atoms with Crippen LogP contribution >= 0.6 is 22.9 Å². The van der Waals surface area contributed by atoms with Gasteiger partial charge in [-0.1, -0.05) is 65.4 Å². The first-order valence-corrected chi connectivity index (χ1v) is 8.13. The number of rotatable bonds is 2. The van der Waals surface area contributed by atoms with Crippen molar-refractivity contribution in [1.29, 1.82) is 0 Å². The van der Waals surface area contributed by atoms with Crippen molar-refractivity contribution in [1.82, 2.24) is 14.6 Å². The zero-order valence-corrected chi connectivity index (χ0v) is 13.4. The Labute approximate surface area is 140 Å². The van der Waals surface area contributed by atoms with Crippen LogP contribution in [0.5, 0.6) is 0 Å². The van der Waals surface area contributed by atoms with Gasteiger partial charge in [-0.05, 0) is 23.8 Å². The highest BCUT2D eigenvalue weighted by atomic mass is 35.5. The zero-order chi connectivity index (χ0) is 15.8. The summed E-state index contributed by atoms with van der Waals surface area (Å²) in [5.41, 5.74) is 1.53. The third kappa shape index (κ3) is 2.54. The Morgan fingerprint density at radius 3 is 2.52 bits per heavy atom. The van der Waals surface area contributed by atoms with Crippen molar-refractivity contribution in [2.24, 2.45) is 0 Å². The van der Waals surface area contributed by atoms with Crippen molar-refractivity contribution in [2.75, 3.05) is 0 Å². The monoisotopic (exact) mass is 339 g/mol. The summed E-state index contributed by atoms with van der Waals surface area (Å²) in [5, 5.41) is 4.87. The van der Waals surface area contributed by atoms with Crippen LogP contribution in [0.25, 0.3) is 22.4 Å². The molecular weight excluding hydrogens is 330 g/mol. The van der Waals surface area contributed by atoms with Crippen LogP contribution in [0.1, 0.15) is 5.56 Å². The number of benzene rings is 2. The van der Waals surface area contributed by atoms with Gasteiger partial charge in [-0.2, -0.15) is 9.50 Å². The number of nitrogens with zero attached hydrogens (tertiary/aromatic N) is 3. The Balaban J connectivity index is 1.86. The summed E-state index contributed by atoms with van der Waals surface area (Å²) in [4.78, 5) is 17.5. The van der Waals surface area contributed by atoms with Gasteiger partial charge >= 0.3 is 0 Å². The van der Waals surface area contributed by atoms with Crippen molar-refractivity contribution in [3.63, 3.8) is 0 Å². The largest absolute Gasteiger partial charge is 0.291 e. The molecule has 0 saturated heterocycles. The molecule has 4 aromatic rings. The third-order valence-corrected chi connectivity index (χ3v) is 4.68. The van der Waals surface area contributed by atoms with Gasteiger partial charge in [0.25, 0.3) is 5.56 Å². The predicted octanol–water partition coefficient (Wildman–Crippen LogP) is 3.02. The summed E-state index contributed by atoms with van der Waals surface area (Å²) in [6, 6.07) is 17.0. The molecule has 0 aliphatic carbocycles. The smallest absolute Gasteiger partial charge is 0.266 e. The van der Waals surface area contributed by atoms with Crippen LogP contribution in [0.4, 0.5) is 0 Å². The van der Waals surface area contributed by atoms with Gasteiger partial charge < -0.3 is 0 Å². The van der Waals surface area contributed by atoms with Gasteiger partial charge in [0, 0.05) is 5.56 Å². The molecule has 4 nitrogen and oxygen atoms in total. The van der Waals surface area contributed by atoms with Crippen LogP contribution in [0.15, 0.2) is 59.4 Å². The van der Waals surface area contributed by atoms with E-state index in [1.165, 1.54) is 15.9 Å². The van der Waals surface area contributed by atoms with Crippen molar-refractivity contribution in [3.8, 4) is 11.4 Å². The van der Waals surface area contributed by atoms with E-state index < -0.39 is 0 Å². The fraction of sp³-hybridized carbons (Fsp3) is 0. The van der Waals surface area contributed by atoms with Crippen LogP contribution in [0.3, 0.4) is 0 Å². The Hall–Kier alpha value is -2.50. The fourth-order valence-corrected chi connectivity index (χ4v) is 3.42. The number of hydrogen-bond acceptors (Lipinski definition) is 4. The molecule has 0 bridgehead atoms. The number of halogens is 1. The molecule has 2 aromatic heterocycles. The summed E-state index contributed by atoms with van der Waals surface area (Å²) >= 11 is 7.48. The maximum absolute atomic E-state index is 12.5. The highest BCUT2D eigenvalue weighted by Gasteiger charge is 2.13. The molecule has 0 fully saturated rings. The molecule has 0 N–H and O–H groups in total. The van der Waals surface area contributed by atoms with E-state index in [0.29, 0.717) is 20.3 Å². The van der Waals surface area contributed by atoms with Gasteiger partial charge in [0.2, 0.25) is 4.96 Å². The Morgan fingerprint density at radius 1 is 1.04 bits per heavy atom. The van der Waals surface area contributed by atoms with Crippen LogP contribution in [0, 0.1) is 0 Å². The van der Waals surface area contributed by atoms with Crippen molar-refractivity contribution in [3.05, 3.63) is 80.1 Å². The molecule has 0 spiro atoms. The summed E-state index contributed by atoms with van der Waals surface area (Å²) in [6.45, 7) is 0. The molecule has 0 atom stereocenters. The molecule has 0 saturated carbocycles. The van der Waals surface area contributed by atoms with Gasteiger partial charge in [0.1, 0.15) is 0 Å². The Kier molecular flexibility index (Phi) is 3.44. The lowest BCUT2D eigenvalue weighted by atomic mass is 10.2. The predicted molar refractivity (Wildman–Crippen MR) is 92.8 cm³/mol. The fourth-order valence-electron chi connectivity index (χ4n) is 2.29. The lowest BCUT2D eigenvalue weighted by Gasteiger charge is -1.96. The summed E-state index contributed by atoms with van der Waals surface area (Å²) in [5.74, 6) is 0.463. The average molecular weight is 340 g/mol. The number of fused-ring (bicyclic) bond motifs is 1. The molecule has 0 aliphatic heterocycles. The van der Waals surface area contributed by atoms with E-state index >= 15 is 0 Å². The quantitative estimate of drug-likeness (QED) is 0.564. The van der Waals surface area contributed by atoms with Gasteiger partial charge in [0.05, 0.1) is 9.55 Å².